The van der Waals surface area contributed by atoms with Crippen LogP contribution in [0.5, 0.6) is 0 Å². The molecule has 0 bridgehead atoms. The van der Waals surface area contributed by atoms with Crippen LogP contribution in [0.25, 0.3) is 0 Å². The molecule has 1 saturated carbocycles. The maximum atomic E-state index is 14.7. The molecule has 0 radical (unpaired) electrons. The number of carbonyl (C=O) groups excluding carboxylic acids is 2. The van der Waals surface area contributed by atoms with Crippen LogP contribution in [0, 0.1) is 23.4 Å². The number of rotatable bonds is 7. The Morgan fingerprint density at radius 1 is 1.05 bits per heavy atom. The molecule has 2 unspecified atom stereocenters. The highest BCUT2D eigenvalue weighted by atomic mass is 35.5. The zero-order valence-corrected chi connectivity index (χ0v) is 22.8. The molecule has 3 aromatic carbocycles. The van der Waals surface area contributed by atoms with Crippen molar-refractivity contribution in [1.82, 2.24) is 0 Å². The highest BCUT2D eigenvalue weighted by Gasteiger charge is 2.67. The van der Waals surface area contributed by atoms with E-state index in [0.717, 1.165) is 23.1 Å². The number of hydrogen-bond acceptors (Lipinski definition) is 3. The highest BCUT2D eigenvalue weighted by molar-refractivity contribution is 6.53. The molecule has 216 valence electrons. The first-order valence-corrected chi connectivity index (χ1v) is 12.7. The number of nitrogens with one attached hydrogen (secondary N) is 1. The molecule has 2 amide bonds. The monoisotopic (exact) mass is 635 g/mol. The number of halogens is 9. The Kier molecular flexibility index (Phi) is 8.28. The van der Waals surface area contributed by atoms with Gasteiger partial charge in [-0.1, -0.05) is 23.7 Å². The van der Waals surface area contributed by atoms with E-state index in [1.165, 1.54) is 24.3 Å². The lowest BCUT2D eigenvalue weighted by atomic mass is 10.0. The largest absolute Gasteiger partial charge is 0.419 e. The molecule has 2 atom stereocenters. The summed E-state index contributed by atoms with van der Waals surface area (Å²) in [5.74, 6) is -7.70. The normalized spacial score (nSPS) is 17.6. The van der Waals surface area contributed by atoms with Gasteiger partial charge in [0.05, 0.1) is 27.8 Å². The molecule has 0 heterocycles. The fraction of sp³-hybridized carbons (Fsp3) is 0.185. The first-order valence-electron chi connectivity index (χ1n) is 11.6. The van der Waals surface area contributed by atoms with Crippen molar-refractivity contribution in [3.8, 4) is 0 Å². The summed E-state index contributed by atoms with van der Waals surface area (Å²) in [6.45, 7) is 3.30. The van der Waals surface area contributed by atoms with Crippen LogP contribution in [0.4, 0.5) is 43.4 Å². The fourth-order valence-electron chi connectivity index (χ4n) is 4.34. The van der Waals surface area contributed by atoms with E-state index in [1.807, 2.05) is 0 Å². The molecule has 3 aromatic rings. The van der Waals surface area contributed by atoms with Crippen LogP contribution >= 0.6 is 34.8 Å². The van der Waals surface area contributed by atoms with Gasteiger partial charge in [-0.2, -0.15) is 13.2 Å². The maximum absolute atomic E-state index is 14.7. The van der Waals surface area contributed by atoms with Gasteiger partial charge in [0.25, 0.3) is 5.91 Å². The Labute approximate surface area is 244 Å². The van der Waals surface area contributed by atoms with Gasteiger partial charge in [-0.25, -0.2) is 13.2 Å². The van der Waals surface area contributed by atoms with Crippen molar-refractivity contribution in [3.05, 3.63) is 100 Å². The topological polar surface area (TPSA) is 75.4 Å². The first-order chi connectivity index (χ1) is 19.1. The van der Waals surface area contributed by atoms with Crippen molar-refractivity contribution in [2.45, 2.75) is 16.4 Å². The van der Waals surface area contributed by atoms with Crippen molar-refractivity contribution >= 4 is 63.7 Å². The van der Waals surface area contributed by atoms with E-state index in [4.69, 9.17) is 40.5 Å². The number of anilines is 3. The lowest BCUT2D eigenvalue weighted by Crippen LogP contribution is -2.32. The molecule has 0 aliphatic heterocycles. The van der Waals surface area contributed by atoms with Gasteiger partial charge in [-0.05, 0) is 48.0 Å². The van der Waals surface area contributed by atoms with Crippen molar-refractivity contribution in [2.24, 2.45) is 5.92 Å². The molecule has 4 rings (SSSR count). The van der Waals surface area contributed by atoms with Gasteiger partial charge in [-0.15, -0.1) is 29.8 Å². The predicted molar refractivity (Wildman–Crippen MR) is 145 cm³/mol. The summed E-state index contributed by atoms with van der Waals surface area (Å²) in [7, 11) is 0. The summed E-state index contributed by atoms with van der Waals surface area (Å²) in [4.78, 5) is 27.3. The Hall–Kier alpha value is -3.41. The summed E-state index contributed by atoms with van der Waals surface area (Å²) in [6.07, 6.45) is -3.70. The van der Waals surface area contributed by atoms with Crippen LogP contribution in [0.3, 0.4) is 0 Å². The van der Waals surface area contributed by atoms with Crippen molar-refractivity contribution in [2.75, 3.05) is 22.5 Å². The minimum atomic E-state index is -4.98. The van der Waals surface area contributed by atoms with Crippen LogP contribution < -0.4 is 16.0 Å². The lowest BCUT2D eigenvalue weighted by molar-refractivity contribution is -0.140. The SMILES string of the molecule is C=CCN(C(=O)c1cc(NC(=O)C2C(c3ccc(F)c(C(F)(F)F)c3)C2(Cl)Cl)ccc1Cl)c1ccc(F)c(N)c1F. The van der Waals surface area contributed by atoms with Gasteiger partial charge >= 0.3 is 6.18 Å². The van der Waals surface area contributed by atoms with Crippen molar-refractivity contribution < 1.29 is 35.9 Å². The van der Waals surface area contributed by atoms with E-state index < -0.39 is 62.9 Å². The van der Waals surface area contributed by atoms with E-state index in [0.29, 0.717) is 12.1 Å². The number of nitrogen functional groups attached to an aromatic ring is 1. The highest BCUT2D eigenvalue weighted by Crippen LogP contribution is 2.65. The van der Waals surface area contributed by atoms with Gasteiger partial charge in [0.15, 0.2) is 5.82 Å². The van der Waals surface area contributed by atoms with Gasteiger partial charge < -0.3 is 16.0 Å². The van der Waals surface area contributed by atoms with Crippen molar-refractivity contribution in [1.29, 1.82) is 0 Å². The molecule has 3 N–H and O–H groups in total. The molecular weight excluding hydrogens is 619 g/mol. The molecule has 5 nitrogen and oxygen atoms in total. The predicted octanol–water partition coefficient (Wildman–Crippen LogP) is 7.72. The first kappa shape index (κ1) is 30.5. The Morgan fingerprint density at radius 3 is 2.34 bits per heavy atom. The van der Waals surface area contributed by atoms with Gasteiger partial charge in [-0.3, -0.25) is 9.59 Å². The van der Waals surface area contributed by atoms with E-state index in [2.05, 4.69) is 11.9 Å². The average Bonchev–Trinajstić information content (AvgIpc) is 3.48. The number of amides is 2. The molecule has 1 fully saturated rings. The van der Waals surface area contributed by atoms with E-state index >= 15 is 0 Å². The van der Waals surface area contributed by atoms with Crippen LogP contribution in [0.1, 0.15) is 27.4 Å². The third-order valence-electron chi connectivity index (χ3n) is 6.41. The zero-order valence-electron chi connectivity index (χ0n) is 20.5. The molecule has 14 heteroatoms. The molecule has 0 spiro atoms. The van der Waals surface area contributed by atoms with Crippen LogP contribution in [0.15, 0.2) is 61.2 Å². The Morgan fingerprint density at radius 2 is 1.71 bits per heavy atom. The van der Waals surface area contributed by atoms with Crippen LogP contribution in [0.2, 0.25) is 5.02 Å². The second-order valence-electron chi connectivity index (χ2n) is 9.05. The molecule has 0 saturated heterocycles. The maximum Gasteiger partial charge on any atom is 0.419 e. The molecular formula is C27H18Cl3F6N3O2. The van der Waals surface area contributed by atoms with E-state index in [1.54, 1.807) is 0 Å². The van der Waals surface area contributed by atoms with Gasteiger partial charge in [0, 0.05) is 18.2 Å². The van der Waals surface area contributed by atoms with Crippen LogP contribution in [-0.2, 0) is 11.0 Å². The summed E-state index contributed by atoms with van der Waals surface area (Å²) in [5, 5.41) is 2.39. The summed E-state index contributed by atoms with van der Waals surface area (Å²) in [5.41, 5.74) is 2.46. The van der Waals surface area contributed by atoms with Crippen molar-refractivity contribution in [3.63, 3.8) is 0 Å². The second kappa shape index (κ2) is 11.1. The fourth-order valence-corrected chi connectivity index (χ4v) is 5.37. The third kappa shape index (κ3) is 5.84. The number of nitrogens with two attached hydrogens (primary N) is 1. The molecule has 0 aromatic heterocycles. The molecule has 41 heavy (non-hydrogen) atoms. The number of carbonyl (C=O) groups is 2. The number of benzene rings is 3. The van der Waals surface area contributed by atoms with Gasteiger partial charge in [0.1, 0.15) is 21.7 Å². The summed E-state index contributed by atoms with van der Waals surface area (Å²) in [6, 6.07) is 7.86. The van der Waals surface area contributed by atoms with E-state index in [-0.39, 0.29) is 34.1 Å². The standard InChI is InChI=1S/C27H18Cl3F6N3O2/c1-2-9-39(19-8-7-18(32)23(37)22(19)33)25(41)14-11-13(4-5-16(14)28)38-24(40)21-20(26(21,29)30)12-3-6-17(31)15(10-12)27(34,35)36/h2-8,10-11,20-21H,1,9,37H2,(H,38,40). The van der Waals surface area contributed by atoms with Gasteiger partial charge in [0.2, 0.25) is 5.91 Å². The lowest BCUT2D eigenvalue weighted by Gasteiger charge is -2.23. The molecule has 1 aliphatic rings. The minimum absolute atomic E-state index is 0.0188. The summed E-state index contributed by atoms with van der Waals surface area (Å²) >= 11 is 18.7. The second-order valence-corrected chi connectivity index (χ2v) is 10.9. The third-order valence-corrected chi connectivity index (χ3v) is 7.68. The Balaban J connectivity index is 1.60. The van der Waals surface area contributed by atoms with Crippen LogP contribution in [-0.4, -0.2) is 22.7 Å². The molecule has 1 aliphatic carbocycles. The zero-order chi connectivity index (χ0) is 30.4. The minimum Gasteiger partial charge on any atom is -0.394 e. The Bertz CT molecular complexity index is 1560. The smallest absolute Gasteiger partial charge is 0.394 e. The summed E-state index contributed by atoms with van der Waals surface area (Å²) < 4.78 is 79.9. The number of nitrogens with zero attached hydrogens (tertiary/aromatic N) is 1. The number of hydrogen-bond donors (Lipinski definition) is 2. The van der Waals surface area contributed by atoms with E-state index in [9.17, 15) is 35.9 Å². The quantitative estimate of drug-likeness (QED) is 0.121. The average molecular weight is 637 g/mol. The number of alkyl halides is 5.